The maximum Gasteiger partial charge on any atom is 0.226 e. The van der Waals surface area contributed by atoms with E-state index in [0.29, 0.717) is 23.0 Å². The molecule has 0 saturated carbocycles. The zero-order valence-electron chi connectivity index (χ0n) is 10.6. The molecule has 0 spiro atoms. The highest BCUT2D eigenvalue weighted by Crippen LogP contribution is 2.22. The van der Waals surface area contributed by atoms with Gasteiger partial charge in [-0.05, 0) is 30.7 Å². The molecule has 1 N–H and O–H groups in total. The van der Waals surface area contributed by atoms with Gasteiger partial charge in [0.05, 0.1) is 12.1 Å². The van der Waals surface area contributed by atoms with Crippen LogP contribution in [-0.4, -0.2) is 17.6 Å². The van der Waals surface area contributed by atoms with Crippen molar-refractivity contribution < 1.29 is 9.32 Å². The second-order valence-electron chi connectivity index (χ2n) is 4.22. The molecule has 2 aromatic rings. The molecular weight excluding hydrogens is 264 g/mol. The van der Waals surface area contributed by atoms with Gasteiger partial charge in [-0.15, -0.1) is 0 Å². The van der Waals surface area contributed by atoms with E-state index >= 15 is 0 Å². The van der Waals surface area contributed by atoms with E-state index in [1.165, 1.54) is 0 Å². The van der Waals surface area contributed by atoms with Crippen LogP contribution in [0.15, 0.2) is 34.9 Å². The fourth-order valence-electron chi connectivity index (χ4n) is 1.64. The van der Waals surface area contributed by atoms with Crippen LogP contribution in [0.2, 0.25) is 5.02 Å². The zero-order valence-corrected chi connectivity index (χ0v) is 11.4. The van der Waals surface area contributed by atoms with Crippen molar-refractivity contribution >= 4 is 17.5 Å². The molecule has 0 bridgehead atoms. The third kappa shape index (κ3) is 3.83. The highest BCUT2D eigenvalue weighted by atomic mass is 35.5. The summed E-state index contributed by atoms with van der Waals surface area (Å²) >= 11 is 5.82. The van der Waals surface area contributed by atoms with Gasteiger partial charge >= 0.3 is 0 Å². The van der Waals surface area contributed by atoms with Gasteiger partial charge < -0.3 is 9.84 Å². The van der Waals surface area contributed by atoms with Crippen LogP contribution in [0.5, 0.6) is 0 Å². The number of halogens is 1. The lowest BCUT2D eigenvalue weighted by atomic mass is 10.1. The first kappa shape index (κ1) is 13.6. The average Bonchev–Trinajstić information content (AvgIpc) is 2.85. The van der Waals surface area contributed by atoms with Crippen LogP contribution < -0.4 is 5.32 Å². The fourth-order valence-corrected chi connectivity index (χ4v) is 1.76. The van der Waals surface area contributed by atoms with Crippen molar-refractivity contribution in [2.75, 3.05) is 6.54 Å². The van der Waals surface area contributed by atoms with Gasteiger partial charge in [0, 0.05) is 23.2 Å². The highest BCUT2D eigenvalue weighted by molar-refractivity contribution is 6.30. The third-order valence-electron chi connectivity index (χ3n) is 2.60. The minimum absolute atomic E-state index is 0.0437. The molecule has 1 aromatic carbocycles. The summed E-state index contributed by atoms with van der Waals surface area (Å²) in [6.45, 7) is 2.69. The van der Waals surface area contributed by atoms with E-state index in [4.69, 9.17) is 16.1 Å². The number of nitrogens with zero attached hydrogens (tertiary/aromatic N) is 1. The Morgan fingerprint density at radius 2 is 2.11 bits per heavy atom. The van der Waals surface area contributed by atoms with Gasteiger partial charge in [-0.2, -0.15) is 0 Å². The van der Waals surface area contributed by atoms with Crippen LogP contribution in [0.3, 0.4) is 0 Å². The van der Waals surface area contributed by atoms with Crippen molar-refractivity contribution in [2.24, 2.45) is 0 Å². The molecule has 19 heavy (non-hydrogen) atoms. The summed E-state index contributed by atoms with van der Waals surface area (Å²) in [5.74, 6) is 0.591. The second kappa shape index (κ2) is 6.38. The Bertz CT molecular complexity index is 549. The van der Waals surface area contributed by atoms with Crippen molar-refractivity contribution in [3.8, 4) is 11.3 Å². The van der Waals surface area contributed by atoms with Crippen LogP contribution in [0.4, 0.5) is 0 Å². The van der Waals surface area contributed by atoms with E-state index in [9.17, 15) is 4.79 Å². The van der Waals surface area contributed by atoms with Crippen LogP contribution >= 0.6 is 11.6 Å². The molecule has 0 aliphatic heterocycles. The Morgan fingerprint density at radius 3 is 2.79 bits per heavy atom. The molecule has 1 heterocycles. The van der Waals surface area contributed by atoms with Crippen molar-refractivity contribution in [3.63, 3.8) is 0 Å². The standard InChI is InChI=1S/C14H15ClN2O2/c1-2-7-16-14(18)9-12-8-13(19-17-12)10-3-5-11(15)6-4-10/h3-6,8H,2,7,9H2,1H3,(H,16,18). The Morgan fingerprint density at radius 1 is 1.37 bits per heavy atom. The van der Waals surface area contributed by atoms with Crippen LogP contribution in [0.1, 0.15) is 19.0 Å². The molecule has 0 aliphatic carbocycles. The average molecular weight is 279 g/mol. The normalized spacial score (nSPS) is 10.4. The summed E-state index contributed by atoms with van der Waals surface area (Å²) in [6.07, 6.45) is 1.15. The molecule has 0 atom stereocenters. The SMILES string of the molecule is CCCNC(=O)Cc1cc(-c2ccc(Cl)cc2)on1. The summed E-state index contributed by atoms with van der Waals surface area (Å²) in [6, 6.07) is 9.04. The van der Waals surface area contributed by atoms with Crippen LogP contribution in [0, 0.1) is 0 Å². The predicted molar refractivity (Wildman–Crippen MR) is 74.0 cm³/mol. The number of amides is 1. The molecule has 0 fully saturated rings. The fraction of sp³-hybridized carbons (Fsp3) is 0.286. The third-order valence-corrected chi connectivity index (χ3v) is 2.85. The van der Waals surface area contributed by atoms with Crippen LogP contribution in [0.25, 0.3) is 11.3 Å². The smallest absolute Gasteiger partial charge is 0.226 e. The van der Waals surface area contributed by atoms with Crippen molar-refractivity contribution in [1.29, 1.82) is 0 Å². The Balaban J connectivity index is 2.02. The van der Waals surface area contributed by atoms with E-state index in [1.807, 2.05) is 19.1 Å². The largest absolute Gasteiger partial charge is 0.356 e. The topological polar surface area (TPSA) is 55.1 Å². The maximum atomic E-state index is 11.6. The van der Waals surface area contributed by atoms with Gasteiger partial charge in [-0.1, -0.05) is 23.7 Å². The number of aromatic nitrogens is 1. The van der Waals surface area contributed by atoms with E-state index in [-0.39, 0.29) is 12.3 Å². The first-order valence-electron chi connectivity index (χ1n) is 6.17. The lowest BCUT2D eigenvalue weighted by Crippen LogP contribution is -2.25. The second-order valence-corrected chi connectivity index (χ2v) is 4.65. The molecule has 0 radical (unpaired) electrons. The van der Waals surface area contributed by atoms with E-state index in [2.05, 4.69) is 10.5 Å². The van der Waals surface area contributed by atoms with Crippen molar-refractivity contribution in [1.82, 2.24) is 10.5 Å². The molecular formula is C14H15ClN2O2. The number of benzene rings is 1. The van der Waals surface area contributed by atoms with Crippen molar-refractivity contribution in [2.45, 2.75) is 19.8 Å². The van der Waals surface area contributed by atoms with Gasteiger partial charge in [-0.3, -0.25) is 4.79 Å². The summed E-state index contributed by atoms with van der Waals surface area (Å²) in [4.78, 5) is 11.6. The quantitative estimate of drug-likeness (QED) is 0.914. The summed E-state index contributed by atoms with van der Waals surface area (Å²) in [5, 5.41) is 7.36. The van der Waals surface area contributed by atoms with E-state index < -0.39 is 0 Å². The number of carbonyl (C=O) groups excluding carboxylic acids is 1. The molecule has 4 nitrogen and oxygen atoms in total. The molecule has 0 aliphatic rings. The zero-order chi connectivity index (χ0) is 13.7. The first-order chi connectivity index (χ1) is 9.19. The summed E-state index contributed by atoms with van der Waals surface area (Å²) in [7, 11) is 0. The van der Waals surface area contributed by atoms with E-state index in [1.54, 1.807) is 18.2 Å². The molecule has 100 valence electrons. The number of hydrogen-bond donors (Lipinski definition) is 1. The summed E-state index contributed by atoms with van der Waals surface area (Å²) < 4.78 is 5.22. The number of nitrogens with one attached hydrogen (secondary N) is 1. The van der Waals surface area contributed by atoms with Gasteiger partial charge in [-0.25, -0.2) is 0 Å². The van der Waals surface area contributed by atoms with Gasteiger partial charge in [0.1, 0.15) is 0 Å². The Labute approximate surface area is 116 Å². The van der Waals surface area contributed by atoms with Crippen LogP contribution in [-0.2, 0) is 11.2 Å². The molecule has 1 aromatic heterocycles. The molecule has 0 unspecified atom stereocenters. The minimum atomic E-state index is -0.0437. The first-order valence-corrected chi connectivity index (χ1v) is 6.55. The summed E-state index contributed by atoms with van der Waals surface area (Å²) in [5.41, 5.74) is 1.51. The number of hydrogen-bond acceptors (Lipinski definition) is 3. The molecule has 1 amide bonds. The van der Waals surface area contributed by atoms with Gasteiger partial charge in [0.25, 0.3) is 0 Å². The van der Waals surface area contributed by atoms with Gasteiger partial charge in [0.2, 0.25) is 5.91 Å². The lowest BCUT2D eigenvalue weighted by Gasteiger charge is -1.99. The van der Waals surface area contributed by atoms with Crippen molar-refractivity contribution in [3.05, 3.63) is 41.0 Å². The molecule has 5 heteroatoms. The Kier molecular flexibility index (Phi) is 4.58. The van der Waals surface area contributed by atoms with Gasteiger partial charge in [0.15, 0.2) is 5.76 Å². The maximum absolute atomic E-state index is 11.6. The number of rotatable bonds is 5. The molecule has 0 saturated heterocycles. The molecule has 2 rings (SSSR count). The highest BCUT2D eigenvalue weighted by Gasteiger charge is 2.10. The lowest BCUT2D eigenvalue weighted by molar-refractivity contribution is -0.120. The monoisotopic (exact) mass is 278 g/mol. The predicted octanol–water partition coefficient (Wildman–Crippen LogP) is 3.06. The van der Waals surface area contributed by atoms with E-state index in [0.717, 1.165) is 12.0 Å². The minimum Gasteiger partial charge on any atom is -0.356 e. The Hall–Kier alpha value is -1.81. The number of carbonyl (C=O) groups is 1.